The first-order valence-corrected chi connectivity index (χ1v) is 8.61. The molecule has 6 heteroatoms. The van der Waals surface area contributed by atoms with Gasteiger partial charge in [0.1, 0.15) is 12.4 Å². The van der Waals surface area contributed by atoms with Crippen LogP contribution in [0.4, 0.5) is 0 Å². The minimum absolute atomic E-state index is 0. The molecule has 26 heavy (non-hydrogen) atoms. The molecular weight excluding hydrogens is 352 g/mol. The van der Waals surface area contributed by atoms with E-state index in [4.69, 9.17) is 15.2 Å². The summed E-state index contributed by atoms with van der Waals surface area (Å²) < 4.78 is 11.2. The number of rotatable bonds is 6. The van der Waals surface area contributed by atoms with Gasteiger partial charge in [0.2, 0.25) is 5.91 Å². The zero-order chi connectivity index (χ0) is 17.5. The van der Waals surface area contributed by atoms with Crippen LogP contribution in [0.5, 0.6) is 5.75 Å². The van der Waals surface area contributed by atoms with Crippen molar-refractivity contribution in [2.75, 3.05) is 26.4 Å². The molecule has 0 radical (unpaired) electrons. The van der Waals surface area contributed by atoms with E-state index in [0.717, 1.165) is 16.9 Å². The molecule has 0 bridgehead atoms. The van der Waals surface area contributed by atoms with Gasteiger partial charge in [-0.1, -0.05) is 48.5 Å². The van der Waals surface area contributed by atoms with Gasteiger partial charge in [0.15, 0.2) is 0 Å². The van der Waals surface area contributed by atoms with Crippen LogP contribution < -0.4 is 15.8 Å². The molecule has 1 aliphatic rings. The van der Waals surface area contributed by atoms with Crippen LogP contribution in [0.1, 0.15) is 12.8 Å². The van der Waals surface area contributed by atoms with Crippen molar-refractivity contribution in [2.45, 2.75) is 18.4 Å². The summed E-state index contributed by atoms with van der Waals surface area (Å²) in [5.41, 5.74) is 7.48. The molecule has 3 rings (SSSR count). The molecule has 1 saturated heterocycles. The number of amides is 1. The van der Waals surface area contributed by atoms with E-state index < -0.39 is 5.54 Å². The Bertz CT molecular complexity index is 703. The van der Waals surface area contributed by atoms with Crippen molar-refractivity contribution in [2.24, 2.45) is 5.73 Å². The first kappa shape index (κ1) is 20.2. The third kappa shape index (κ3) is 4.97. The number of carbonyl (C=O) groups excluding carboxylic acids is 1. The van der Waals surface area contributed by atoms with Gasteiger partial charge in [0.05, 0.1) is 12.1 Å². The zero-order valence-electron chi connectivity index (χ0n) is 14.6. The van der Waals surface area contributed by atoms with Crippen LogP contribution in [0, 0.1) is 0 Å². The Morgan fingerprint density at radius 3 is 2.46 bits per heavy atom. The molecule has 0 aromatic heterocycles. The number of ether oxygens (including phenoxy) is 2. The fourth-order valence-corrected chi connectivity index (χ4v) is 2.91. The van der Waals surface area contributed by atoms with E-state index in [-0.39, 0.29) is 18.3 Å². The Hall–Kier alpha value is -2.08. The molecule has 1 heterocycles. The molecule has 2 aromatic carbocycles. The molecule has 1 fully saturated rings. The van der Waals surface area contributed by atoms with E-state index in [1.165, 1.54) is 0 Å². The molecule has 0 atom stereocenters. The zero-order valence-corrected chi connectivity index (χ0v) is 15.5. The van der Waals surface area contributed by atoms with Gasteiger partial charge in [-0.25, -0.2) is 0 Å². The van der Waals surface area contributed by atoms with Crippen LogP contribution in [-0.2, 0) is 9.53 Å². The third-order valence-corrected chi connectivity index (χ3v) is 4.45. The number of nitrogens with one attached hydrogen (secondary N) is 1. The summed E-state index contributed by atoms with van der Waals surface area (Å²) in [7, 11) is 0. The number of carbonyl (C=O) groups is 1. The van der Waals surface area contributed by atoms with E-state index >= 15 is 0 Å². The minimum Gasteiger partial charge on any atom is -0.491 e. The van der Waals surface area contributed by atoms with Gasteiger partial charge in [-0.3, -0.25) is 4.79 Å². The van der Waals surface area contributed by atoms with Crippen LogP contribution in [0.15, 0.2) is 54.6 Å². The second-order valence-corrected chi connectivity index (χ2v) is 6.24. The summed E-state index contributed by atoms with van der Waals surface area (Å²) in [6.45, 7) is 1.87. The fraction of sp³-hybridized carbons (Fsp3) is 0.350. The van der Waals surface area contributed by atoms with Crippen molar-refractivity contribution in [1.29, 1.82) is 0 Å². The number of hydrogen-bond acceptors (Lipinski definition) is 4. The first-order chi connectivity index (χ1) is 12.2. The highest BCUT2D eigenvalue weighted by Crippen LogP contribution is 2.29. The lowest BCUT2D eigenvalue weighted by molar-refractivity contribution is -0.129. The first-order valence-electron chi connectivity index (χ1n) is 8.61. The monoisotopic (exact) mass is 376 g/mol. The van der Waals surface area contributed by atoms with Crippen LogP contribution in [-0.4, -0.2) is 37.8 Å². The summed E-state index contributed by atoms with van der Waals surface area (Å²) in [5, 5.41) is 2.88. The predicted molar refractivity (Wildman–Crippen MR) is 105 cm³/mol. The van der Waals surface area contributed by atoms with Gasteiger partial charge in [-0.2, -0.15) is 0 Å². The summed E-state index contributed by atoms with van der Waals surface area (Å²) in [6, 6.07) is 18.0. The fourth-order valence-electron chi connectivity index (χ4n) is 2.91. The summed E-state index contributed by atoms with van der Waals surface area (Å²) in [6.07, 6.45) is 1.10. The van der Waals surface area contributed by atoms with E-state index in [1.807, 2.05) is 54.6 Å². The standard InChI is InChI=1S/C20H24N2O3.ClH/c21-20(10-13-24-14-11-20)19(23)22-12-15-25-18-9-5-4-8-17(18)16-6-2-1-3-7-16;/h1-9H,10-15,21H2,(H,22,23);1H. The second-order valence-electron chi connectivity index (χ2n) is 6.24. The van der Waals surface area contributed by atoms with Crippen molar-refractivity contribution >= 4 is 18.3 Å². The van der Waals surface area contributed by atoms with Crippen LogP contribution >= 0.6 is 12.4 Å². The molecule has 0 unspecified atom stereocenters. The lowest BCUT2D eigenvalue weighted by Crippen LogP contribution is -2.57. The van der Waals surface area contributed by atoms with E-state index in [2.05, 4.69) is 5.32 Å². The number of benzene rings is 2. The summed E-state index contributed by atoms with van der Waals surface area (Å²) in [5.74, 6) is 0.673. The summed E-state index contributed by atoms with van der Waals surface area (Å²) in [4.78, 5) is 12.3. The van der Waals surface area contributed by atoms with Gasteiger partial charge >= 0.3 is 0 Å². The lowest BCUT2D eigenvalue weighted by atomic mass is 9.90. The molecule has 0 saturated carbocycles. The minimum atomic E-state index is -0.819. The molecule has 1 amide bonds. The maximum absolute atomic E-state index is 12.3. The smallest absolute Gasteiger partial charge is 0.240 e. The SMILES string of the molecule is Cl.NC1(C(=O)NCCOc2ccccc2-c2ccccc2)CCOCC1. The highest BCUT2D eigenvalue weighted by atomic mass is 35.5. The van der Waals surface area contributed by atoms with Crippen molar-refractivity contribution in [3.63, 3.8) is 0 Å². The number of para-hydroxylation sites is 1. The number of hydrogen-bond donors (Lipinski definition) is 2. The van der Waals surface area contributed by atoms with Crippen molar-refractivity contribution in [1.82, 2.24) is 5.32 Å². The Labute approximate surface area is 160 Å². The van der Waals surface area contributed by atoms with E-state index in [9.17, 15) is 4.79 Å². The largest absolute Gasteiger partial charge is 0.491 e. The van der Waals surface area contributed by atoms with Crippen molar-refractivity contribution in [3.05, 3.63) is 54.6 Å². The molecule has 3 N–H and O–H groups in total. The van der Waals surface area contributed by atoms with Gasteiger partial charge in [0, 0.05) is 18.8 Å². The lowest BCUT2D eigenvalue weighted by Gasteiger charge is -2.31. The Morgan fingerprint density at radius 2 is 1.73 bits per heavy atom. The van der Waals surface area contributed by atoms with Crippen molar-refractivity contribution in [3.8, 4) is 16.9 Å². The van der Waals surface area contributed by atoms with Crippen LogP contribution in [0.3, 0.4) is 0 Å². The number of nitrogens with two attached hydrogens (primary N) is 1. The molecule has 0 aliphatic carbocycles. The molecule has 2 aromatic rings. The highest BCUT2D eigenvalue weighted by Gasteiger charge is 2.35. The molecule has 1 aliphatic heterocycles. The van der Waals surface area contributed by atoms with Crippen LogP contribution in [0.25, 0.3) is 11.1 Å². The van der Waals surface area contributed by atoms with Gasteiger partial charge in [-0.05, 0) is 24.5 Å². The maximum atomic E-state index is 12.3. The van der Waals surface area contributed by atoms with Gasteiger partial charge in [0.25, 0.3) is 0 Å². The quantitative estimate of drug-likeness (QED) is 0.760. The molecule has 0 spiro atoms. The van der Waals surface area contributed by atoms with Crippen LogP contribution in [0.2, 0.25) is 0 Å². The molecule has 140 valence electrons. The average molecular weight is 377 g/mol. The van der Waals surface area contributed by atoms with Gasteiger partial charge in [-0.15, -0.1) is 12.4 Å². The van der Waals surface area contributed by atoms with Gasteiger partial charge < -0.3 is 20.5 Å². The van der Waals surface area contributed by atoms with E-state index in [1.54, 1.807) is 0 Å². The maximum Gasteiger partial charge on any atom is 0.240 e. The third-order valence-electron chi connectivity index (χ3n) is 4.45. The Morgan fingerprint density at radius 1 is 1.08 bits per heavy atom. The highest BCUT2D eigenvalue weighted by molar-refractivity contribution is 5.86. The second kappa shape index (κ2) is 9.57. The summed E-state index contributed by atoms with van der Waals surface area (Å²) >= 11 is 0. The topological polar surface area (TPSA) is 73.6 Å². The van der Waals surface area contributed by atoms with E-state index in [0.29, 0.717) is 39.2 Å². The average Bonchev–Trinajstić information content (AvgIpc) is 2.66. The Balaban J connectivity index is 0.00000243. The molecule has 5 nitrogen and oxygen atoms in total. The predicted octanol–water partition coefficient (Wildman–Crippen LogP) is 2.78. The molecular formula is C20H25ClN2O3. The Kier molecular flexibility index (Phi) is 7.45. The van der Waals surface area contributed by atoms with Crippen molar-refractivity contribution < 1.29 is 14.3 Å². The number of halogens is 1. The normalized spacial score (nSPS) is 15.6.